The normalized spacial score (nSPS) is 11.2. The van der Waals surface area contributed by atoms with Crippen molar-refractivity contribution in [1.82, 2.24) is 0 Å². The number of hydrogen-bond acceptors (Lipinski definition) is 4. The van der Waals surface area contributed by atoms with E-state index in [1.165, 1.54) is 0 Å². The highest BCUT2D eigenvalue weighted by Crippen LogP contribution is 2.17. The number of Topliss-reactive ketones (excluding diaryl/α,β-unsaturated/α-hetero) is 1. The van der Waals surface area contributed by atoms with Gasteiger partial charge in [-0.05, 0) is 32.3 Å². The molecule has 0 amide bonds. The molecule has 0 atom stereocenters. The zero-order valence-electron chi connectivity index (χ0n) is 13.8. The van der Waals surface area contributed by atoms with Crippen molar-refractivity contribution in [2.45, 2.75) is 58.2 Å². The molecule has 0 aliphatic heterocycles. The van der Waals surface area contributed by atoms with Crippen molar-refractivity contribution >= 4 is 11.8 Å². The van der Waals surface area contributed by atoms with Crippen molar-refractivity contribution in [1.29, 1.82) is 0 Å². The van der Waals surface area contributed by atoms with Gasteiger partial charge in [-0.25, -0.2) is 4.79 Å². The van der Waals surface area contributed by atoms with E-state index in [0.29, 0.717) is 6.42 Å². The maximum absolute atomic E-state index is 11.7. The summed E-state index contributed by atoms with van der Waals surface area (Å²) in [4.78, 5) is 23.3. The van der Waals surface area contributed by atoms with Crippen molar-refractivity contribution in [3.63, 3.8) is 0 Å². The molecule has 4 nitrogen and oxygen atoms in total. The number of ketones is 1. The molecular formula is C18H26O4. The zero-order chi connectivity index (χ0) is 16.4. The second-order valence-electron chi connectivity index (χ2n) is 6.01. The molecular weight excluding hydrogens is 280 g/mol. The van der Waals surface area contributed by atoms with Crippen molar-refractivity contribution in [2.75, 3.05) is 7.11 Å². The highest BCUT2D eigenvalue weighted by molar-refractivity contribution is 6.33. The summed E-state index contributed by atoms with van der Waals surface area (Å²) in [6, 6.07) is 9.34. The molecule has 0 radical (unpaired) electrons. The average molecular weight is 306 g/mol. The van der Waals surface area contributed by atoms with Gasteiger partial charge in [-0.1, -0.05) is 43.2 Å². The molecule has 0 saturated carbocycles. The Bertz CT molecular complexity index is 465. The number of carbonyl (C=O) groups is 2. The number of unbranched alkanes of at least 4 members (excludes halogenated alkanes) is 2. The summed E-state index contributed by atoms with van der Waals surface area (Å²) in [5.41, 5.74) is 0.754. The Kier molecular flexibility index (Phi) is 7.82. The van der Waals surface area contributed by atoms with E-state index in [1.54, 1.807) is 7.11 Å². The van der Waals surface area contributed by atoms with Gasteiger partial charge >= 0.3 is 5.97 Å². The second-order valence-corrected chi connectivity index (χ2v) is 6.01. The molecule has 122 valence electrons. The summed E-state index contributed by atoms with van der Waals surface area (Å²) in [6.07, 6.45) is 3.79. The molecule has 0 aromatic heterocycles. The van der Waals surface area contributed by atoms with Crippen LogP contribution >= 0.6 is 0 Å². The van der Waals surface area contributed by atoms with Crippen LogP contribution in [0, 0.1) is 0 Å². The van der Waals surface area contributed by atoms with Crippen molar-refractivity contribution in [2.24, 2.45) is 0 Å². The molecule has 1 aromatic rings. The van der Waals surface area contributed by atoms with Crippen LogP contribution in [0.3, 0.4) is 0 Å². The van der Waals surface area contributed by atoms with Crippen molar-refractivity contribution in [3.8, 4) is 0 Å². The van der Waals surface area contributed by atoms with E-state index in [-0.39, 0.29) is 18.6 Å². The summed E-state index contributed by atoms with van der Waals surface area (Å²) in [5.74, 6) is -1.18. The van der Waals surface area contributed by atoms with E-state index in [1.807, 2.05) is 44.2 Å². The van der Waals surface area contributed by atoms with Crippen LogP contribution in [-0.2, 0) is 25.7 Å². The first kappa shape index (κ1) is 18.4. The van der Waals surface area contributed by atoms with Gasteiger partial charge < -0.3 is 9.47 Å². The first-order valence-corrected chi connectivity index (χ1v) is 7.73. The number of methoxy groups -OCH3 is 1. The first-order chi connectivity index (χ1) is 10.4. The fraction of sp³-hybridized carbons (Fsp3) is 0.556. The highest BCUT2D eigenvalue weighted by Gasteiger charge is 2.17. The van der Waals surface area contributed by atoms with Crippen molar-refractivity contribution in [3.05, 3.63) is 35.9 Å². The van der Waals surface area contributed by atoms with E-state index in [9.17, 15) is 9.59 Å². The summed E-state index contributed by atoms with van der Waals surface area (Å²) in [7, 11) is 1.70. The van der Waals surface area contributed by atoms with Crippen molar-refractivity contribution < 1.29 is 19.1 Å². The number of benzene rings is 1. The van der Waals surface area contributed by atoms with Crippen LogP contribution in [0.15, 0.2) is 30.3 Å². The predicted octanol–water partition coefficient (Wildman–Crippen LogP) is 3.67. The third-order valence-electron chi connectivity index (χ3n) is 3.68. The van der Waals surface area contributed by atoms with Crippen LogP contribution in [0.1, 0.15) is 51.5 Å². The van der Waals surface area contributed by atoms with Gasteiger partial charge in [-0.15, -0.1) is 0 Å². The Morgan fingerprint density at radius 1 is 1.05 bits per heavy atom. The fourth-order valence-corrected chi connectivity index (χ4v) is 2.02. The van der Waals surface area contributed by atoms with Crippen LogP contribution in [0.5, 0.6) is 0 Å². The Hall–Kier alpha value is -1.68. The molecule has 0 saturated heterocycles. The summed E-state index contributed by atoms with van der Waals surface area (Å²) in [6.45, 7) is 4.23. The lowest BCUT2D eigenvalue weighted by atomic mass is 9.99. The minimum absolute atomic E-state index is 0.126. The number of carbonyl (C=O) groups excluding carboxylic acids is 2. The molecule has 4 heteroatoms. The number of esters is 1. The lowest BCUT2D eigenvalue weighted by molar-refractivity contribution is -0.154. The largest absolute Gasteiger partial charge is 0.455 e. The van der Waals surface area contributed by atoms with E-state index >= 15 is 0 Å². The summed E-state index contributed by atoms with van der Waals surface area (Å²) in [5, 5.41) is 0. The van der Waals surface area contributed by atoms with E-state index in [0.717, 1.165) is 24.8 Å². The molecule has 0 unspecified atom stereocenters. The Morgan fingerprint density at radius 2 is 1.73 bits per heavy atom. The monoisotopic (exact) mass is 306 g/mol. The quantitative estimate of drug-likeness (QED) is 0.376. The molecule has 0 heterocycles. The molecule has 0 bridgehead atoms. The molecule has 0 aliphatic rings. The highest BCUT2D eigenvalue weighted by atomic mass is 16.5. The van der Waals surface area contributed by atoms with Gasteiger partial charge in [0.2, 0.25) is 5.78 Å². The van der Waals surface area contributed by atoms with E-state index in [4.69, 9.17) is 9.47 Å². The maximum atomic E-state index is 11.7. The molecule has 22 heavy (non-hydrogen) atoms. The van der Waals surface area contributed by atoms with Crippen LogP contribution in [0.4, 0.5) is 0 Å². The van der Waals surface area contributed by atoms with Gasteiger partial charge in [0.15, 0.2) is 0 Å². The smallest absolute Gasteiger partial charge is 0.374 e. The van der Waals surface area contributed by atoms with Crippen LogP contribution < -0.4 is 0 Å². The predicted molar refractivity (Wildman–Crippen MR) is 85.4 cm³/mol. The summed E-state index contributed by atoms with van der Waals surface area (Å²) >= 11 is 0. The van der Waals surface area contributed by atoms with E-state index < -0.39 is 11.8 Å². The standard InChI is InChI=1S/C18H26O4/c1-18(2,21-3)13-9-5-8-12-16(19)17(20)22-14-15-10-6-4-7-11-15/h4,6-7,10-11H,5,8-9,12-14H2,1-3H3. The second kappa shape index (κ2) is 9.36. The minimum atomic E-state index is -0.735. The maximum Gasteiger partial charge on any atom is 0.374 e. The zero-order valence-corrected chi connectivity index (χ0v) is 13.8. The number of ether oxygens (including phenoxy) is 2. The molecule has 1 rings (SSSR count). The average Bonchev–Trinajstić information content (AvgIpc) is 2.53. The molecule has 0 spiro atoms. The first-order valence-electron chi connectivity index (χ1n) is 7.73. The molecule has 0 aliphatic carbocycles. The van der Waals surface area contributed by atoms with Gasteiger partial charge in [0.25, 0.3) is 0 Å². The fourth-order valence-electron chi connectivity index (χ4n) is 2.02. The van der Waals surface area contributed by atoms with Gasteiger partial charge in [-0.2, -0.15) is 0 Å². The lowest BCUT2D eigenvalue weighted by Gasteiger charge is -2.22. The molecule has 0 fully saturated rings. The number of rotatable bonds is 10. The molecule has 0 N–H and O–H groups in total. The SMILES string of the molecule is COC(C)(C)CCCCCC(=O)C(=O)OCc1ccccc1. The van der Waals surface area contributed by atoms with Gasteiger partial charge in [0, 0.05) is 13.5 Å². The summed E-state index contributed by atoms with van der Waals surface area (Å²) < 4.78 is 10.3. The van der Waals surface area contributed by atoms with Gasteiger partial charge in [-0.3, -0.25) is 4.79 Å². The van der Waals surface area contributed by atoms with Gasteiger partial charge in [0.05, 0.1) is 5.60 Å². The van der Waals surface area contributed by atoms with Crippen LogP contribution in [-0.4, -0.2) is 24.5 Å². The van der Waals surface area contributed by atoms with E-state index in [2.05, 4.69) is 0 Å². The van der Waals surface area contributed by atoms with Crippen LogP contribution in [0.2, 0.25) is 0 Å². The lowest BCUT2D eigenvalue weighted by Crippen LogP contribution is -2.22. The third-order valence-corrected chi connectivity index (χ3v) is 3.68. The number of hydrogen-bond donors (Lipinski definition) is 0. The Balaban J connectivity index is 2.15. The Labute approximate surface area is 132 Å². The topological polar surface area (TPSA) is 52.6 Å². The Morgan fingerprint density at radius 3 is 2.36 bits per heavy atom. The minimum Gasteiger partial charge on any atom is -0.455 e. The van der Waals surface area contributed by atoms with Crippen LogP contribution in [0.25, 0.3) is 0 Å². The van der Waals surface area contributed by atoms with Gasteiger partial charge in [0.1, 0.15) is 6.61 Å². The third kappa shape index (κ3) is 7.36. The molecule has 1 aromatic carbocycles.